The lowest BCUT2D eigenvalue weighted by Gasteiger charge is -2.15. The molecule has 0 aromatic heterocycles. The first-order valence-electron chi connectivity index (χ1n) is 6.39. The summed E-state index contributed by atoms with van der Waals surface area (Å²) in [4.78, 5) is 0. The van der Waals surface area contributed by atoms with Gasteiger partial charge in [-0.3, -0.25) is 0 Å². The van der Waals surface area contributed by atoms with Crippen LogP contribution in [0.25, 0.3) is 0 Å². The molecule has 0 amide bonds. The highest BCUT2D eigenvalue weighted by atomic mass is 35.5. The van der Waals surface area contributed by atoms with E-state index in [2.05, 4.69) is 0 Å². The Morgan fingerprint density at radius 2 is 1.67 bits per heavy atom. The van der Waals surface area contributed by atoms with E-state index in [1.54, 1.807) is 50.6 Å². The Labute approximate surface area is 134 Å². The Bertz CT molecular complexity index is 629. The van der Waals surface area contributed by atoms with Crippen molar-refractivity contribution in [3.63, 3.8) is 0 Å². The third-order valence-electron chi connectivity index (χ3n) is 3.22. The van der Waals surface area contributed by atoms with Gasteiger partial charge >= 0.3 is 0 Å². The van der Waals surface area contributed by atoms with Crippen LogP contribution in [0.15, 0.2) is 36.4 Å². The zero-order chi connectivity index (χ0) is 15.4. The van der Waals surface area contributed by atoms with Gasteiger partial charge in [0.15, 0.2) is 0 Å². The maximum absolute atomic E-state index is 10.4. The lowest BCUT2D eigenvalue weighted by atomic mass is 10.0. The van der Waals surface area contributed by atoms with Crippen LogP contribution >= 0.6 is 23.2 Å². The van der Waals surface area contributed by atoms with Crippen molar-refractivity contribution in [1.29, 1.82) is 0 Å². The number of methoxy groups -OCH3 is 2. The first kappa shape index (κ1) is 16.0. The maximum Gasteiger partial charge on any atom is 0.137 e. The summed E-state index contributed by atoms with van der Waals surface area (Å²) in [6.45, 7) is 0. The van der Waals surface area contributed by atoms with Gasteiger partial charge in [0.25, 0.3) is 0 Å². The van der Waals surface area contributed by atoms with Crippen LogP contribution in [0.3, 0.4) is 0 Å². The summed E-state index contributed by atoms with van der Waals surface area (Å²) in [5, 5.41) is 11.4. The van der Waals surface area contributed by atoms with Gasteiger partial charge in [-0.2, -0.15) is 0 Å². The van der Waals surface area contributed by atoms with E-state index in [-0.39, 0.29) is 0 Å². The molecule has 0 saturated heterocycles. The van der Waals surface area contributed by atoms with Crippen LogP contribution in [0, 0.1) is 0 Å². The second-order valence-electron chi connectivity index (χ2n) is 4.57. The number of hydrogen-bond donors (Lipinski definition) is 1. The van der Waals surface area contributed by atoms with Crippen LogP contribution in [0.4, 0.5) is 0 Å². The highest BCUT2D eigenvalue weighted by Crippen LogP contribution is 2.31. The highest BCUT2D eigenvalue weighted by Gasteiger charge is 2.14. The fraction of sp³-hybridized carbons (Fsp3) is 0.250. The van der Waals surface area contributed by atoms with Crippen molar-refractivity contribution in [2.75, 3.05) is 14.2 Å². The van der Waals surface area contributed by atoms with E-state index in [9.17, 15) is 5.11 Å². The first-order valence-corrected chi connectivity index (χ1v) is 7.14. The summed E-state index contributed by atoms with van der Waals surface area (Å²) in [6.07, 6.45) is -0.326. The Morgan fingerprint density at radius 3 is 2.29 bits per heavy atom. The average molecular weight is 327 g/mol. The molecule has 1 unspecified atom stereocenters. The van der Waals surface area contributed by atoms with Gasteiger partial charge in [-0.05, 0) is 41.5 Å². The van der Waals surface area contributed by atoms with Crippen molar-refractivity contribution < 1.29 is 14.6 Å². The van der Waals surface area contributed by atoms with Gasteiger partial charge in [-0.1, -0.05) is 29.3 Å². The summed E-state index contributed by atoms with van der Waals surface area (Å²) < 4.78 is 10.4. The maximum atomic E-state index is 10.4. The normalized spacial score (nSPS) is 12.0. The van der Waals surface area contributed by atoms with Gasteiger partial charge in [0.05, 0.1) is 25.3 Å². The topological polar surface area (TPSA) is 38.7 Å². The highest BCUT2D eigenvalue weighted by molar-refractivity contribution is 6.32. The smallest absolute Gasteiger partial charge is 0.137 e. The zero-order valence-corrected chi connectivity index (χ0v) is 13.3. The lowest BCUT2D eigenvalue weighted by Crippen LogP contribution is -2.04. The van der Waals surface area contributed by atoms with Crippen LogP contribution in [-0.4, -0.2) is 19.3 Å². The van der Waals surface area contributed by atoms with E-state index in [0.29, 0.717) is 33.5 Å². The SMILES string of the molecule is COc1ccc(C(O)Cc2cc(Cl)ccc2OC)cc1Cl. The number of halogens is 2. The van der Waals surface area contributed by atoms with E-state index in [1.807, 2.05) is 0 Å². The first-order chi connectivity index (χ1) is 10.0. The number of aliphatic hydroxyl groups is 1. The van der Waals surface area contributed by atoms with Crippen LogP contribution in [0.2, 0.25) is 10.0 Å². The van der Waals surface area contributed by atoms with E-state index in [4.69, 9.17) is 32.7 Å². The molecule has 0 fully saturated rings. The molecule has 0 aliphatic heterocycles. The minimum atomic E-state index is -0.708. The van der Waals surface area contributed by atoms with Gasteiger partial charge < -0.3 is 14.6 Å². The van der Waals surface area contributed by atoms with E-state index in [1.165, 1.54) is 0 Å². The number of benzene rings is 2. The Morgan fingerprint density at radius 1 is 1.00 bits per heavy atom. The van der Waals surface area contributed by atoms with Crippen molar-refractivity contribution in [2.24, 2.45) is 0 Å². The molecule has 1 N–H and O–H groups in total. The molecule has 1 atom stereocenters. The second kappa shape index (κ2) is 7.03. The van der Waals surface area contributed by atoms with Gasteiger partial charge in [0, 0.05) is 11.4 Å². The number of rotatable bonds is 5. The zero-order valence-electron chi connectivity index (χ0n) is 11.8. The third-order valence-corrected chi connectivity index (χ3v) is 3.75. The van der Waals surface area contributed by atoms with Crippen molar-refractivity contribution >= 4 is 23.2 Å². The predicted octanol–water partition coefficient (Wildman–Crippen LogP) is 4.29. The molecule has 5 heteroatoms. The molecule has 0 saturated carbocycles. The van der Waals surface area contributed by atoms with E-state index >= 15 is 0 Å². The number of ether oxygens (including phenoxy) is 2. The molecule has 2 aromatic carbocycles. The van der Waals surface area contributed by atoms with Crippen LogP contribution in [-0.2, 0) is 6.42 Å². The fourth-order valence-corrected chi connectivity index (χ4v) is 2.58. The van der Waals surface area contributed by atoms with E-state index < -0.39 is 6.10 Å². The van der Waals surface area contributed by atoms with Crippen LogP contribution in [0.5, 0.6) is 11.5 Å². The third kappa shape index (κ3) is 3.82. The molecule has 0 aliphatic rings. The van der Waals surface area contributed by atoms with Crippen molar-refractivity contribution in [3.8, 4) is 11.5 Å². The molecule has 3 nitrogen and oxygen atoms in total. The summed E-state index contributed by atoms with van der Waals surface area (Å²) in [7, 11) is 3.14. The number of hydrogen-bond acceptors (Lipinski definition) is 3. The minimum Gasteiger partial charge on any atom is -0.496 e. The minimum absolute atomic E-state index is 0.381. The summed E-state index contributed by atoms with van der Waals surface area (Å²) in [5.74, 6) is 1.27. The van der Waals surface area contributed by atoms with Crippen molar-refractivity contribution in [3.05, 3.63) is 57.6 Å². The molecule has 112 valence electrons. The monoisotopic (exact) mass is 326 g/mol. The van der Waals surface area contributed by atoms with Crippen molar-refractivity contribution in [2.45, 2.75) is 12.5 Å². The standard InChI is InChI=1S/C16H16Cl2O3/c1-20-15-6-4-12(17)7-11(15)9-14(19)10-3-5-16(21-2)13(18)8-10/h3-8,14,19H,9H2,1-2H3. The van der Waals surface area contributed by atoms with Crippen LogP contribution < -0.4 is 9.47 Å². The summed E-state index contributed by atoms with van der Waals surface area (Å²) >= 11 is 12.1. The Balaban J connectivity index is 2.23. The van der Waals surface area contributed by atoms with Gasteiger partial charge in [-0.25, -0.2) is 0 Å². The van der Waals surface area contributed by atoms with Crippen LogP contribution in [0.1, 0.15) is 17.2 Å². The van der Waals surface area contributed by atoms with Crippen molar-refractivity contribution in [1.82, 2.24) is 0 Å². The largest absolute Gasteiger partial charge is 0.496 e. The Hall–Kier alpha value is -1.42. The molecule has 0 spiro atoms. The second-order valence-corrected chi connectivity index (χ2v) is 5.41. The molecule has 0 radical (unpaired) electrons. The molecule has 21 heavy (non-hydrogen) atoms. The summed E-state index contributed by atoms with van der Waals surface area (Å²) in [5.41, 5.74) is 1.55. The van der Waals surface area contributed by atoms with E-state index in [0.717, 1.165) is 5.56 Å². The quantitative estimate of drug-likeness (QED) is 0.890. The molecule has 0 aliphatic carbocycles. The molecular formula is C16H16Cl2O3. The molecule has 0 heterocycles. The molecule has 2 rings (SSSR count). The van der Waals surface area contributed by atoms with Gasteiger partial charge in [0.1, 0.15) is 11.5 Å². The fourth-order valence-electron chi connectivity index (χ4n) is 2.12. The van der Waals surface area contributed by atoms with Gasteiger partial charge in [-0.15, -0.1) is 0 Å². The summed E-state index contributed by atoms with van der Waals surface area (Å²) in [6, 6.07) is 10.5. The predicted molar refractivity (Wildman–Crippen MR) is 84.7 cm³/mol. The average Bonchev–Trinajstić information content (AvgIpc) is 2.47. The molecule has 0 bridgehead atoms. The van der Waals surface area contributed by atoms with Gasteiger partial charge in [0.2, 0.25) is 0 Å². The Kier molecular flexibility index (Phi) is 5.34. The molecule has 2 aromatic rings. The molecular weight excluding hydrogens is 311 g/mol. The number of aliphatic hydroxyl groups excluding tert-OH is 1. The lowest BCUT2D eigenvalue weighted by molar-refractivity contribution is 0.177.